The van der Waals surface area contributed by atoms with Crippen molar-refractivity contribution in [3.8, 4) is 0 Å². The Balaban J connectivity index is 0. The molecule has 0 saturated heterocycles. The number of nitrogens with zero attached hydrogens (tertiary/aromatic N) is 3. The Kier molecular flexibility index (Phi) is 12.6. The van der Waals surface area contributed by atoms with Gasteiger partial charge in [0, 0.05) is 13.1 Å². The molecule has 0 atom stereocenters. The quantitative estimate of drug-likeness (QED) is 0.380. The molecule has 0 aromatic rings. The average molecular weight is 291 g/mol. The van der Waals surface area contributed by atoms with Crippen molar-refractivity contribution in [3.63, 3.8) is 0 Å². The van der Waals surface area contributed by atoms with Crippen LogP contribution in [-0.4, -0.2) is 69.1 Å². The smallest absolute Gasteiger partial charge is 0.874 e. The fourth-order valence-electron chi connectivity index (χ4n) is 1.78. The Morgan fingerprint density at radius 1 is 0.857 bits per heavy atom. The predicted molar refractivity (Wildman–Crippen MR) is 85.5 cm³/mol. The molecule has 0 saturated carbocycles. The molecule has 0 aliphatic carbocycles. The minimum atomic E-state index is -0.290. The molecule has 0 bridgehead atoms. The molecule has 0 unspecified atom stereocenters. The number of allylic oxidation sites excluding steroid dienone is 1. The maximum atomic E-state index is 12.2. The summed E-state index contributed by atoms with van der Waals surface area (Å²) in [6.07, 6.45) is 4.00. The Morgan fingerprint density at radius 2 is 1.24 bits per heavy atom. The Morgan fingerprint density at radius 3 is 1.52 bits per heavy atom. The van der Waals surface area contributed by atoms with Gasteiger partial charge >= 0.3 is 18.9 Å². The fourth-order valence-corrected chi connectivity index (χ4v) is 1.78. The van der Waals surface area contributed by atoms with Gasteiger partial charge in [-0.05, 0) is 65.7 Å². The number of rotatable bonds is 9. The van der Waals surface area contributed by atoms with E-state index in [1.54, 1.807) is 0 Å². The third-order valence-corrected chi connectivity index (χ3v) is 3.14. The Labute approximate surface area is 144 Å². The molecule has 0 radical (unpaired) electrons. The molecule has 5 heteroatoms. The van der Waals surface area contributed by atoms with Crippen LogP contribution in [0.5, 0.6) is 0 Å². The topological polar surface area (TPSA) is 32.8 Å². The van der Waals surface area contributed by atoms with Crippen LogP contribution in [0.3, 0.4) is 0 Å². The molecule has 0 aliphatic heterocycles. The van der Waals surface area contributed by atoms with Crippen LogP contribution >= 0.6 is 0 Å². The first-order valence-corrected chi connectivity index (χ1v) is 7.55. The summed E-state index contributed by atoms with van der Waals surface area (Å²) >= 11 is 0. The molecule has 120 valence electrons. The van der Waals surface area contributed by atoms with E-state index in [0.29, 0.717) is 0 Å². The van der Waals surface area contributed by atoms with E-state index < -0.39 is 0 Å². The largest absolute Gasteiger partial charge is 1.00 e. The van der Waals surface area contributed by atoms with E-state index in [4.69, 9.17) is 0 Å². The van der Waals surface area contributed by atoms with E-state index in [2.05, 4.69) is 42.9 Å². The van der Waals surface area contributed by atoms with Gasteiger partial charge < -0.3 is 19.8 Å². The molecular formula is C16H34LiN3O. The van der Waals surface area contributed by atoms with Crippen LogP contribution in [0, 0.1) is 5.41 Å². The number of hydrogen-bond acceptors (Lipinski definition) is 4. The molecule has 0 rings (SSSR count). The van der Waals surface area contributed by atoms with Crippen LogP contribution in [-0.2, 0) is 0 Å². The van der Waals surface area contributed by atoms with Gasteiger partial charge in [-0.15, -0.1) is 5.76 Å². The molecule has 0 aliphatic rings. The second-order valence-electron chi connectivity index (χ2n) is 7.09. The van der Waals surface area contributed by atoms with Crippen molar-refractivity contribution in [2.45, 2.75) is 33.6 Å². The SMILES string of the molecule is CN(C)CCCN(C=C([O-])C(C)(C)C)CCCN(C)C.[Li+]. The molecule has 0 fully saturated rings. The zero-order valence-electron chi connectivity index (χ0n) is 15.6. The van der Waals surface area contributed by atoms with Gasteiger partial charge in [-0.25, -0.2) is 0 Å². The maximum absolute atomic E-state index is 12.2. The molecule has 0 amide bonds. The summed E-state index contributed by atoms with van der Waals surface area (Å²) in [5.41, 5.74) is -0.290. The van der Waals surface area contributed by atoms with Crippen molar-refractivity contribution in [3.05, 3.63) is 12.0 Å². The van der Waals surface area contributed by atoms with Crippen molar-refractivity contribution in [1.82, 2.24) is 14.7 Å². The third-order valence-electron chi connectivity index (χ3n) is 3.14. The van der Waals surface area contributed by atoms with Gasteiger partial charge in [0.2, 0.25) is 0 Å². The van der Waals surface area contributed by atoms with E-state index in [0.717, 1.165) is 39.0 Å². The summed E-state index contributed by atoms with van der Waals surface area (Å²) in [6.45, 7) is 9.95. The first kappa shape index (κ1) is 23.1. The van der Waals surface area contributed by atoms with Crippen molar-refractivity contribution in [2.24, 2.45) is 5.41 Å². The first-order chi connectivity index (χ1) is 9.12. The second kappa shape index (κ2) is 11.4. The van der Waals surface area contributed by atoms with Gasteiger partial charge in [-0.2, -0.15) is 0 Å². The van der Waals surface area contributed by atoms with Crippen molar-refractivity contribution in [2.75, 3.05) is 54.4 Å². The van der Waals surface area contributed by atoms with Gasteiger partial charge in [-0.1, -0.05) is 20.8 Å². The first-order valence-electron chi connectivity index (χ1n) is 7.55. The van der Waals surface area contributed by atoms with Gasteiger partial charge in [0.1, 0.15) is 0 Å². The predicted octanol–water partition coefficient (Wildman–Crippen LogP) is -1.56. The monoisotopic (exact) mass is 291 g/mol. The van der Waals surface area contributed by atoms with E-state index in [1.807, 2.05) is 27.0 Å². The third kappa shape index (κ3) is 13.3. The molecular weight excluding hydrogens is 257 g/mol. The van der Waals surface area contributed by atoms with Crippen molar-refractivity contribution < 1.29 is 24.0 Å². The Bertz CT molecular complexity index is 272. The maximum Gasteiger partial charge on any atom is 1.00 e. The summed E-state index contributed by atoms with van der Waals surface area (Å²) < 4.78 is 0. The van der Waals surface area contributed by atoms with Gasteiger partial charge in [0.15, 0.2) is 0 Å². The van der Waals surface area contributed by atoms with Crippen molar-refractivity contribution >= 4 is 0 Å². The van der Waals surface area contributed by atoms with Crippen LogP contribution in [0.4, 0.5) is 0 Å². The number of hydrogen-bond donors (Lipinski definition) is 0. The molecule has 0 aromatic heterocycles. The zero-order valence-corrected chi connectivity index (χ0v) is 15.6. The van der Waals surface area contributed by atoms with Crippen LogP contribution < -0.4 is 24.0 Å². The fraction of sp³-hybridized carbons (Fsp3) is 0.875. The molecule has 0 heterocycles. The molecule has 0 N–H and O–H groups in total. The van der Waals surface area contributed by atoms with Gasteiger partial charge in [0.05, 0.1) is 0 Å². The summed E-state index contributed by atoms with van der Waals surface area (Å²) in [6, 6.07) is 0. The molecule has 0 aromatic carbocycles. The standard InChI is InChI=1S/C16H35N3O.Li/c1-16(2,3)15(20)14-19(12-8-10-17(4)5)13-9-11-18(6)7;/h14,20H,8-13H2,1-7H3;/q;+1/p-1. The van der Waals surface area contributed by atoms with Crippen molar-refractivity contribution in [1.29, 1.82) is 0 Å². The second-order valence-corrected chi connectivity index (χ2v) is 7.09. The van der Waals surface area contributed by atoms with E-state index >= 15 is 0 Å². The van der Waals surface area contributed by atoms with E-state index in [-0.39, 0.29) is 30.0 Å². The van der Waals surface area contributed by atoms with E-state index in [1.165, 1.54) is 0 Å². The average Bonchev–Trinajstić information content (AvgIpc) is 2.26. The molecule has 0 spiro atoms. The molecule has 21 heavy (non-hydrogen) atoms. The minimum absolute atomic E-state index is 0. The van der Waals surface area contributed by atoms with Crippen LogP contribution in [0.2, 0.25) is 0 Å². The Hall–Kier alpha value is -0.143. The molecule has 4 nitrogen and oxygen atoms in total. The van der Waals surface area contributed by atoms with Gasteiger partial charge in [-0.3, -0.25) is 0 Å². The summed E-state index contributed by atoms with van der Waals surface area (Å²) in [5, 5.41) is 12.2. The minimum Gasteiger partial charge on any atom is -0.874 e. The van der Waals surface area contributed by atoms with Gasteiger partial charge in [0.25, 0.3) is 0 Å². The van der Waals surface area contributed by atoms with Crippen LogP contribution in [0.25, 0.3) is 0 Å². The summed E-state index contributed by atoms with van der Waals surface area (Å²) in [7, 11) is 8.33. The summed E-state index contributed by atoms with van der Waals surface area (Å²) in [5.74, 6) is 0.215. The summed E-state index contributed by atoms with van der Waals surface area (Å²) in [4.78, 5) is 6.56. The zero-order chi connectivity index (χ0) is 15.8. The van der Waals surface area contributed by atoms with Crippen LogP contribution in [0.1, 0.15) is 33.6 Å². The van der Waals surface area contributed by atoms with Crippen LogP contribution in [0.15, 0.2) is 12.0 Å². The van der Waals surface area contributed by atoms with E-state index in [9.17, 15) is 5.11 Å². The normalized spacial score (nSPS) is 12.7.